The SMILES string of the molecule is COC1=NO[C@@]2(CC[C@H](C)N3C[C@H]2n2cc(C(=O)NCc4c(F)cc(F)cc4F)c(=O)c(O)c2C3=O)[C@@H]1F. The molecular weight excluding hydrogens is 516 g/mol. The number of amides is 2. The van der Waals surface area contributed by atoms with Crippen molar-refractivity contribution in [2.75, 3.05) is 13.7 Å². The first kappa shape index (κ1) is 25.5. The highest BCUT2D eigenvalue weighted by atomic mass is 19.1. The second kappa shape index (κ2) is 9.03. The number of oxime groups is 1. The van der Waals surface area contributed by atoms with Gasteiger partial charge in [0.15, 0.2) is 17.0 Å². The maximum absolute atomic E-state index is 15.7. The van der Waals surface area contributed by atoms with Gasteiger partial charge in [-0.25, -0.2) is 17.6 Å². The van der Waals surface area contributed by atoms with Crippen molar-refractivity contribution < 1.29 is 41.8 Å². The van der Waals surface area contributed by atoms with Crippen molar-refractivity contribution in [1.82, 2.24) is 14.8 Å². The molecule has 0 saturated carbocycles. The molecule has 3 aliphatic heterocycles. The van der Waals surface area contributed by atoms with Gasteiger partial charge < -0.3 is 29.5 Å². The number of pyridine rings is 1. The Hall–Kier alpha value is -4.10. The summed E-state index contributed by atoms with van der Waals surface area (Å²) < 4.78 is 63.0. The molecule has 1 spiro atoms. The van der Waals surface area contributed by atoms with E-state index in [1.54, 1.807) is 6.92 Å². The zero-order valence-corrected chi connectivity index (χ0v) is 20.1. The Morgan fingerprint density at radius 3 is 2.61 bits per heavy atom. The van der Waals surface area contributed by atoms with Gasteiger partial charge in [-0.05, 0) is 24.9 Å². The van der Waals surface area contributed by atoms with Crippen LogP contribution in [0, 0.1) is 17.5 Å². The molecule has 1 aromatic carbocycles. The molecule has 38 heavy (non-hydrogen) atoms. The summed E-state index contributed by atoms with van der Waals surface area (Å²) in [7, 11) is 1.22. The number of carbonyl (C=O) groups excluding carboxylic acids is 2. The lowest BCUT2D eigenvalue weighted by atomic mass is 9.84. The van der Waals surface area contributed by atoms with Crippen LogP contribution in [0.1, 0.15) is 52.2 Å². The van der Waals surface area contributed by atoms with Crippen LogP contribution in [0.4, 0.5) is 17.6 Å². The fourth-order valence-electron chi connectivity index (χ4n) is 5.24. The number of rotatable bonds is 3. The first-order valence-electron chi connectivity index (χ1n) is 11.6. The number of halogens is 4. The summed E-state index contributed by atoms with van der Waals surface area (Å²) in [6, 6.07) is -0.589. The zero-order chi connectivity index (χ0) is 27.5. The molecule has 202 valence electrons. The van der Waals surface area contributed by atoms with E-state index in [1.165, 1.54) is 12.0 Å². The Labute approximate surface area is 212 Å². The van der Waals surface area contributed by atoms with E-state index in [-0.39, 0.29) is 18.9 Å². The van der Waals surface area contributed by atoms with Crippen LogP contribution < -0.4 is 10.7 Å². The summed E-state index contributed by atoms with van der Waals surface area (Å²) in [5.74, 6) is -6.89. The van der Waals surface area contributed by atoms with Crippen molar-refractivity contribution in [2.24, 2.45) is 5.16 Å². The molecule has 5 rings (SSSR count). The average Bonchev–Trinajstić information content (AvgIpc) is 3.12. The Bertz CT molecular complexity index is 1420. The second-order valence-corrected chi connectivity index (χ2v) is 9.41. The molecule has 1 fully saturated rings. The largest absolute Gasteiger partial charge is 0.503 e. The number of nitrogens with one attached hydrogen (secondary N) is 1. The molecule has 4 atom stereocenters. The number of aromatic nitrogens is 1. The third-order valence-electron chi connectivity index (χ3n) is 7.36. The Morgan fingerprint density at radius 1 is 1.29 bits per heavy atom. The van der Waals surface area contributed by atoms with Gasteiger partial charge in [-0.3, -0.25) is 14.4 Å². The predicted molar refractivity (Wildman–Crippen MR) is 122 cm³/mol. The molecule has 10 nitrogen and oxygen atoms in total. The van der Waals surface area contributed by atoms with Gasteiger partial charge in [-0.15, -0.1) is 0 Å². The van der Waals surface area contributed by atoms with Gasteiger partial charge >= 0.3 is 0 Å². The van der Waals surface area contributed by atoms with E-state index in [4.69, 9.17) is 9.57 Å². The average molecular weight is 538 g/mol. The van der Waals surface area contributed by atoms with Crippen LogP contribution >= 0.6 is 0 Å². The Morgan fingerprint density at radius 2 is 1.97 bits per heavy atom. The normalized spacial score (nSPS) is 25.9. The van der Waals surface area contributed by atoms with Gasteiger partial charge in [0.2, 0.25) is 11.6 Å². The van der Waals surface area contributed by atoms with E-state index < -0.39 is 87.7 Å². The van der Waals surface area contributed by atoms with Crippen molar-refractivity contribution in [1.29, 1.82) is 0 Å². The summed E-state index contributed by atoms with van der Waals surface area (Å²) >= 11 is 0. The maximum atomic E-state index is 15.7. The standard InChI is InChI=1S/C24H22F4N4O6/c1-10-3-4-24(20(28)22(37-2)30-38-24)16-9-31(10)23(36)17-19(34)18(33)13(8-32(16)17)21(35)29-7-12-14(26)5-11(25)6-15(12)27/h5-6,8,10,16,20,34H,3-4,7,9H2,1-2H3,(H,29,35)/t10-,16+,20+,24+/m0/s1. The first-order chi connectivity index (χ1) is 18.0. The Kier molecular flexibility index (Phi) is 6.07. The Balaban J connectivity index is 1.57. The van der Waals surface area contributed by atoms with Crippen LogP contribution in [0.5, 0.6) is 5.75 Å². The van der Waals surface area contributed by atoms with E-state index in [9.17, 15) is 32.7 Å². The molecule has 1 saturated heterocycles. The smallest absolute Gasteiger partial charge is 0.274 e. The highest BCUT2D eigenvalue weighted by molar-refractivity contribution is 5.99. The number of hydrogen-bond donors (Lipinski definition) is 2. The molecule has 3 aliphatic rings. The lowest BCUT2D eigenvalue weighted by molar-refractivity contribution is -0.0960. The monoisotopic (exact) mass is 538 g/mol. The van der Waals surface area contributed by atoms with Crippen molar-refractivity contribution in [2.45, 2.75) is 50.2 Å². The highest BCUT2D eigenvalue weighted by Gasteiger charge is 2.61. The minimum Gasteiger partial charge on any atom is -0.503 e. The topological polar surface area (TPSA) is 122 Å². The van der Waals surface area contributed by atoms with Crippen molar-refractivity contribution in [3.05, 3.63) is 62.8 Å². The fourth-order valence-corrected chi connectivity index (χ4v) is 5.24. The number of nitrogens with zero attached hydrogens (tertiary/aromatic N) is 3. The molecule has 2 amide bonds. The lowest BCUT2D eigenvalue weighted by Gasteiger charge is -2.42. The van der Waals surface area contributed by atoms with E-state index in [0.717, 1.165) is 10.8 Å². The molecule has 2 aromatic rings. The predicted octanol–water partition coefficient (Wildman–Crippen LogP) is 2.15. The van der Waals surface area contributed by atoms with Crippen LogP contribution in [-0.4, -0.2) is 63.8 Å². The zero-order valence-electron chi connectivity index (χ0n) is 20.1. The van der Waals surface area contributed by atoms with Gasteiger partial charge in [-0.1, -0.05) is 0 Å². The summed E-state index contributed by atoms with van der Waals surface area (Å²) in [5.41, 5.74) is -4.70. The highest BCUT2D eigenvalue weighted by Crippen LogP contribution is 2.47. The number of aromatic hydroxyl groups is 1. The quantitative estimate of drug-likeness (QED) is 0.578. The van der Waals surface area contributed by atoms with Crippen molar-refractivity contribution in [3.63, 3.8) is 0 Å². The van der Waals surface area contributed by atoms with Gasteiger partial charge in [0, 0.05) is 43.0 Å². The van der Waals surface area contributed by atoms with E-state index in [0.29, 0.717) is 18.6 Å². The van der Waals surface area contributed by atoms with Crippen LogP contribution in [0.25, 0.3) is 0 Å². The third kappa shape index (κ3) is 3.69. The number of carbonyl (C=O) groups is 2. The van der Waals surface area contributed by atoms with E-state index in [1.807, 2.05) is 0 Å². The van der Waals surface area contributed by atoms with E-state index >= 15 is 4.39 Å². The van der Waals surface area contributed by atoms with Gasteiger partial charge in [-0.2, -0.15) is 0 Å². The minimum atomic E-state index is -1.87. The molecular formula is C24H22F4N4O6. The second-order valence-electron chi connectivity index (χ2n) is 9.41. The summed E-state index contributed by atoms with van der Waals surface area (Å²) in [6.45, 7) is 0.890. The van der Waals surface area contributed by atoms with Gasteiger partial charge in [0.05, 0.1) is 13.2 Å². The maximum Gasteiger partial charge on any atom is 0.274 e. The molecule has 14 heteroatoms. The number of hydrogen-bond acceptors (Lipinski definition) is 7. The van der Waals surface area contributed by atoms with Crippen LogP contribution in [0.2, 0.25) is 0 Å². The lowest BCUT2D eigenvalue weighted by Crippen LogP contribution is -2.55. The van der Waals surface area contributed by atoms with Crippen LogP contribution in [-0.2, 0) is 16.1 Å². The molecule has 2 N–H and O–H groups in total. The van der Waals surface area contributed by atoms with Crippen LogP contribution in [0.15, 0.2) is 28.3 Å². The van der Waals surface area contributed by atoms with Gasteiger partial charge in [0.25, 0.3) is 17.7 Å². The summed E-state index contributed by atoms with van der Waals surface area (Å²) in [6.07, 6.45) is -0.509. The number of ether oxygens (including phenoxy) is 1. The summed E-state index contributed by atoms with van der Waals surface area (Å²) in [4.78, 5) is 46.1. The minimum absolute atomic E-state index is 0.0805. The molecule has 1 aromatic heterocycles. The number of benzene rings is 1. The van der Waals surface area contributed by atoms with Crippen molar-refractivity contribution >= 4 is 17.7 Å². The molecule has 0 unspecified atom stereocenters. The van der Waals surface area contributed by atoms with Gasteiger partial charge in [0.1, 0.15) is 23.0 Å². The fraction of sp³-hybridized carbons (Fsp3) is 0.417. The summed E-state index contributed by atoms with van der Waals surface area (Å²) in [5, 5.41) is 16.6. The van der Waals surface area contributed by atoms with Crippen LogP contribution in [0.3, 0.4) is 0 Å². The van der Waals surface area contributed by atoms with E-state index in [2.05, 4.69) is 10.5 Å². The van der Waals surface area contributed by atoms with Crippen molar-refractivity contribution in [3.8, 4) is 5.75 Å². The molecule has 0 aliphatic carbocycles. The molecule has 2 bridgehead atoms. The first-order valence-corrected chi connectivity index (χ1v) is 11.6. The molecule has 0 radical (unpaired) electrons. The number of alkyl halides is 1. The number of methoxy groups -OCH3 is 1. The number of fused-ring (bicyclic) bond motifs is 5. The third-order valence-corrected chi connectivity index (χ3v) is 7.36. The molecule has 4 heterocycles.